The van der Waals surface area contributed by atoms with Gasteiger partial charge < -0.3 is 0 Å². The molecule has 3 aromatic rings. The molecule has 0 fully saturated rings. The Morgan fingerprint density at radius 2 is 1.86 bits per heavy atom. The molecule has 0 aliphatic rings. The second-order valence-electron chi connectivity index (χ2n) is 4.92. The lowest BCUT2D eigenvalue weighted by atomic mass is 10.3. The summed E-state index contributed by atoms with van der Waals surface area (Å²) in [6.07, 6.45) is 1.76. The quantitative estimate of drug-likeness (QED) is 0.596. The fourth-order valence-corrected chi connectivity index (χ4v) is 3.12. The molecule has 3 rings (SSSR count). The van der Waals surface area contributed by atoms with E-state index < -0.39 is 0 Å². The molecule has 21 heavy (non-hydrogen) atoms. The van der Waals surface area contributed by atoms with Gasteiger partial charge in [0, 0.05) is 22.5 Å². The number of aromatic nitrogens is 4. The van der Waals surface area contributed by atoms with E-state index in [1.54, 1.807) is 17.6 Å². The summed E-state index contributed by atoms with van der Waals surface area (Å²) in [4.78, 5) is 14.1. The maximum absolute atomic E-state index is 4.52. The van der Waals surface area contributed by atoms with Crippen LogP contribution in [0.2, 0.25) is 0 Å². The molecule has 0 bridgehead atoms. The molecule has 0 aliphatic heterocycles. The Hall–Kier alpha value is -2.28. The van der Waals surface area contributed by atoms with Crippen molar-refractivity contribution in [2.24, 2.45) is 5.10 Å². The van der Waals surface area contributed by atoms with Crippen LogP contribution < -0.4 is 5.43 Å². The van der Waals surface area contributed by atoms with E-state index in [2.05, 4.69) is 42.2 Å². The predicted octanol–water partition coefficient (Wildman–Crippen LogP) is 2.87. The molecular formula is C14H16N6S. The van der Waals surface area contributed by atoms with Crippen molar-refractivity contribution >= 4 is 28.5 Å². The van der Waals surface area contributed by atoms with Crippen LogP contribution in [0.15, 0.2) is 16.5 Å². The van der Waals surface area contributed by atoms with Crippen LogP contribution in [0.4, 0.5) is 5.95 Å². The van der Waals surface area contributed by atoms with Crippen molar-refractivity contribution in [1.82, 2.24) is 19.4 Å². The zero-order valence-electron chi connectivity index (χ0n) is 12.4. The zero-order chi connectivity index (χ0) is 15.0. The first-order valence-electron chi connectivity index (χ1n) is 6.59. The molecule has 3 heterocycles. The summed E-state index contributed by atoms with van der Waals surface area (Å²) in [6, 6.07) is 1.92. The molecule has 0 saturated carbocycles. The number of aryl methyl sites for hydroxylation is 4. The highest BCUT2D eigenvalue weighted by atomic mass is 32.1. The van der Waals surface area contributed by atoms with Gasteiger partial charge in [0.1, 0.15) is 0 Å². The average molecular weight is 300 g/mol. The Morgan fingerprint density at radius 1 is 1.14 bits per heavy atom. The molecule has 6 nitrogen and oxygen atoms in total. The maximum atomic E-state index is 4.52. The molecule has 0 aromatic carbocycles. The van der Waals surface area contributed by atoms with Crippen LogP contribution in [0.25, 0.3) is 4.96 Å². The summed E-state index contributed by atoms with van der Waals surface area (Å²) in [5, 5.41) is 6.32. The van der Waals surface area contributed by atoms with Gasteiger partial charge in [-0.25, -0.2) is 20.4 Å². The van der Waals surface area contributed by atoms with Crippen molar-refractivity contribution in [3.05, 3.63) is 39.9 Å². The number of hydrogen-bond acceptors (Lipinski definition) is 6. The number of rotatable bonds is 3. The van der Waals surface area contributed by atoms with E-state index in [1.807, 2.05) is 26.8 Å². The minimum Gasteiger partial charge on any atom is -0.286 e. The van der Waals surface area contributed by atoms with E-state index in [0.29, 0.717) is 5.95 Å². The number of fused-ring (bicyclic) bond motifs is 1. The van der Waals surface area contributed by atoms with Crippen molar-refractivity contribution in [3.8, 4) is 0 Å². The van der Waals surface area contributed by atoms with Gasteiger partial charge in [-0.05, 0) is 33.8 Å². The third-order valence-electron chi connectivity index (χ3n) is 3.09. The summed E-state index contributed by atoms with van der Waals surface area (Å²) in [6.45, 7) is 7.90. The molecule has 1 N–H and O–H groups in total. The van der Waals surface area contributed by atoms with Crippen LogP contribution in [0, 0.1) is 27.7 Å². The van der Waals surface area contributed by atoms with Gasteiger partial charge >= 0.3 is 0 Å². The van der Waals surface area contributed by atoms with Crippen molar-refractivity contribution in [2.45, 2.75) is 27.7 Å². The van der Waals surface area contributed by atoms with Crippen LogP contribution in [0.3, 0.4) is 0 Å². The molecule has 0 aliphatic carbocycles. The molecule has 0 radical (unpaired) electrons. The molecule has 0 unspecified atom stereocenters. The monoisotopic (exact) mass is 300 g/mol. The number of anilines is 1. The second-order valence-corrected chi connectivity index (χ2v) is 5.76. The van der Waals surface area contributed by atoms with Gasteiger partial charge in [0.25, 0.3) is 0 Å². The topological polar surface area (TPSA) is 67.5 Å². The smallest absolute Gasteiger partial charge is 0.243 e. The van der Waals surface area contributed by atoms with E-state index >= 15 is 0 Å². The highest BCUT2D eigenvalue weighted by Gasteiger charge is 2.10. The van der Waals surface area contributed by atoms with Crippen LogP contribution in [0.1, 0.15) is 28.5 Å². The van der Waals surface area contributed by atoms with E-state index in [0.717, 1.165) is 33.4 Å². The summed E-state index contributed by atoms with van der Waals surface area (Å²) in [7, 11) is 0. The standard InChI is InChI=1S/C14H16N6S/c1-8-5-9(2)17-13(16-8)19-15-6-12-11(4)18-14-20(12)10(3)7-21-14/h5-7H,1-4H3,(H,16,17,19)/b15-6-. The van der Waals surface area contributed by atoms with Gasteiger partial charge in [-0.15, -0.1) is 11.3 Å². The number of nitrogens with zero attached hydrogens (tertiary/aromatic N) is 5. The predicted molar refractivity (Wildman–Crippen MR) is 85.3 cm³/mol. The lowest BCUT2D eigenvalue weighted by molar-refractivity contribution is 1.03. The molecular weight excluding hydrogens is 284 g/mol. The van der Waals surface area contributed by atoms with E-state index in [-0.39, 0.29) is 0 Å². The fraction of sp³-hybridized carbons (Fsp3) is 0.286. The van der Waals surface area contributed by atoms with Crippen molar-refractivity contribution in [3.63, 3.8) is 0 Å². The van der Waals surface area contributed by atoms with Gasteiger partial charge in [0.2, 0.25) is 5.95 Å². The first-order valence-corrected chi connectivity index (χ1v) is 7.47. The molecule has 0 amide bonds. The summed E-state index contributed by atoms with van der Waals surface area (Å²) in [5.41, 5.74) is 7.79. The summed E-state index contributed by atoms with van der Waals surface area (Å²) < 4.78 is 2.09. The third-order valence-corrected chi connectivity index (χ3v) is 4.03. The highest BCUT2D eigenvalue weighted by Crippen LogP contribution is 2.19. The first-order chi connectivity index (χ1) is 10.0. The largest absolute Gasteiger partial charge is 0.286 e. The van der Waals surface area contributed by atoms with Gasteiger partial charge in [-0.1, -0.05) is 0 Å². The molecule has 108 valence electrons. The van der Waals surface area contributed by atoms with Crippen LogP contribution in [0.5, 0.6) is 0 Å². The number of imidazole rings is 1. The number of hydrazone groups is 1. The first kappa shape index (κ1) is 13.7. The molecule has 7 heteroatoms. The lowest BCUT2D eigenvalue weighted by Gasteiger charge is -2.01. The lowest BCUT2D eigenvalue weighted by Crippen LogP contribution is -2.01. The molecule has 0 saturated heterocycles. The fourth-order valence-electron chi connectivity index (χ4n) is 2.20. The Labute approximate surface area is 126 Å². The van der Waals surface area contributed by atoms with Gasteiger partial charge in [-0.2, -0.15) is 5.10 Å². The van der Waals surface area contributed by atoms with E-state index in [9.17, 15) is 0 Å². The van der Waals surface area contributed by atoms with Crippen molar-refractivity contribution < 1.29 is 0 Å². The summed E-state index contributed by atoms with van der Waals surface area (Å²) in [5.74, 6) is 0.504. The third kappa shape index (κ3) is 2.64. The van der Waals surface area contributed by atoms with E-state index in [4.69, 9.17) is 0 Å². The zero-order valence-corrected chi connectivity index (χ0v) is 13.2. The minimum absolute atomic E-state index is 0.504. The Balaban J connectivity index is 1.88. The Bertz CT molecular complexity index is 809. The van der Waals surface area contributed by atoms with Crippen LogP contribution in [-0.4, -0.2) is 25.6 Å². The minimum atomic E-state index is 0.504. The average Bonchev–Trinajstić information content (AvgIpc) is 2.89. The van der Waals surface area contributed by atoms with Gasteiger partial charge in [0.05, 0.1) is 17.6 Å². The maximum Gasteiger partial charge on any atom is 0.243 e. The van der Waals surface area contributed by atoms with E-state index in [1.165, 1.54) is 0 Å². The molecule has 0 spiro atoms. The Kier molecular flexibility index (Phi) is 3.42. The van der Waals surface area contributed by atoms with Crippen molar-refractivity contribution in [2.75, 3.05) is 5.43 Å². The molecule has 3 aromatic heterocycles. The van der Waals surface area contributed by atoms with Crippen LogP contribution in [-0.2, 0) is 0 Å². The highest BCUT2D eigenvalue weighted by molar-refractivity contribution is 7.15. The number of thiazole rings is 1. The van der Waals surface area contributed by atoms with Crippen molar-refractivity contribution in [1.29, 1.82) is 0 Å². The van der Waals surface area contributed by atoms with Crippen LogP contribution >= 0.6 is 11.3 Å². The Morgan fingerprint density at radius 3 is 2.57 bits per heavy atom. The number of nitrogens with one attached hydrogen (secondary N) is 1. The normalized spacial score (nSPS) is 11.6. The second kappa shape index (κ2) is 5.25. The van der Waals surface area contributed by atoms with Gasteiger partial charge in [-0.3, -0.25) is 4.40 Å². The molecule has 0 atom stereocenters. The number of hydrogen-bond donors (Lipinski definition) is 1. The SMILES string of the molecule is Cc1cc(C)nc(N/N=C\c2c(C)nc3scc(C)n23)n1. The van der Waals surface area contributed by atoms with Gasteiger partial charge in [0.15, 0.2) is 4.96 Å². The summed E-state index contributed by atoms with van der Waals surface area (Å²) >= 11 is 1.63.